The van der Waals surface area contributed by atoms with E-state index >= 15 is 0 Å². The number of alkyl halides is 2. The zero-order chi connectivity index (χ0) is 12.5. The molecule has 2 aliphatic rings. The van der Waals surface area contributed by atoms with Crippen LogP contribution in [0, 0.1) is 5.92 Å². The van der Waals surface area contributed by atoms with Crippen molar-refractivity contribution in [2.45, 2.75) is 63.0 Å². The summed E-state index contributed by atoms with van der Waals surface area (Å²) in [6.07, 6.45) is 3.45. The highest BCUT2D eigenvalue weighted by Gasteiger charge is 2.36. The third-order valence-corrected chi connectivity index (χ3v) is 3.68. The summed E-state index contributed by atoms with van der Waals surface area (Å²) in [5.74, 6) is -2.45. The van der Waals surface area contributed by atoms with E-state index < -0.39 is 12.0 Å². The van der Waals surface area contributed by atoms with Crippen LogP contribution < -0.4 is 11.1 Å². The second-order valence-electron chi connectivity index (χ2n) is 5.42. The molecule has 0 saturated heterocycles. The maximum atomic E-state index is 12.9. The first-order valence-electron chi connectivity index (χ1n) is 6.40. The molecule has 3 nitrogen and oxygen atoms in total. The van der Waals surface area contributed by atoms with Gasteiger partial charge in [-0.2, -0.15) is 0 Å². The fourth-order valence-corrected chi connectivity index (χ4v) is 2.34. The molecule has 2 saturated carbocycles. The topological polar surface area (TPSA) is 55.1 Å². The quantitative estimate of drug-likeness (QED) is 0.831. The third-order valence-electron chi connectivity index (χ3n) is 3.68. The number of nitrogens with one attached hydrogen (secondary N) is 1. The molecular weight excluding hydrogens is 262 g/mol. The molecule has 2 aliphatic carbocycles. The predicted octanol–water partition coefficient (Wildman–Crippen LogP) is 2.23. The molecule has 18 heavy (non-hydrogen) atoms. The van der Waals surface area contributed by atoms with E-state index in [0.29, 0.717) is 25.3 Å². The number of hydrogen-bond acceptors (Lipinski definition) is 2. The summed E-state index contributed by atoms with van der Waals surface area (Å²) in [4.78, 5) is 11.6. The molecule has 0 aromatic carbocycles. The van der Waals surface area contributed by atoms with E-state index in [0.717, 1.165) is 12.8 Å². The molecule has 0 aromatic heterocycles. The Bertz CT molecular complexity index is 288. The van der Waals surface area contributed by atoms with Crippen LogP contribution in [0.4, 0.5) is 8.78 Å². The molecule has 1 amide bonds. The van der Waals surface area contributed by atoms with Gasteiger partial charge in [-0.15, -0.1) is 12.4 Å². The Morgan fingerprint density at radius 2 is 1.83 bits per heavy atom. The highest BCUT2D eigenvalue weighted by Crippen LogP contribution is 2.37. The minimum absolute atomic E-state index is 0. The van der Waals surface area contributed by atoms with Crippen molar-refractivity contribution in [2.75, 3.05) is 0 Å². The van der Waals surface area contributed by atoms with Gasteiger partial charge in [-0.05, 0) is 38.0 Å². The summed E-state index contributed by atoms with van der Waals surface area (Å²) in [6.45, 7) is 0. The number of amides is 1. The zero-order valence-electron chi connectivity index (χ0n) is 10.3. The van der Waals surface area contributed by atoms with Gasteiger partial charge in [0.15, 0.2) is 0 Å². The first-order chi connectivity index (χ1) is 7.96. The van der Waals surface area contributed by atoms with Gasteiger partial charge < -0.3 is 11.1 Å². The van der Waals surface area contributed by atoms with Crippen LogP contribution in [0.3, 0.4) is 0 Å². The number of rotatable bonds is 4. The Kier molecular flexibility index (Phi) is 5.34. The van der Waals surface area contributed by atoms with Crippen LogP contribution in [0.2, 0.25) is 0 Å². The van der Waals surface area contributed by atoms with Gasteiger partial charge in [0.25, 0.3) is 0 Å². The van der Waals surface area contributed by atoms with Crippen LogP contribution in [0.5, 0.6) is 0 Å². The molecule has 0 bridgehead atoms. The molecular formula is C12H21ClF2N2O. The van der Waals surface area contributed by atoms with Crippen molar-refractivity contribution in [3.05, 3.63) is 0 Å². The van der Waals surface area contributed by atoms with Gasteiger partial charge in [0.2, 0.25) is 11.8 Å². The highest BCUT2D eigenvalue weighted by molar-refractivity contribution is 5.85. The van der Waals surface area contributed by atoms with Crippen LogP contribution >= 0.6 is 12.4 Å². The molecule has 0 aliphatic heterocycles. The second kappa shape index (κ2) is 6.15. The Morgan fingerprint density at radius 1 is 1.28 bits per heavy atom. The standard InChI is InChI=1S/C12H20F2N2O.ClH/c13-12(14)5-3-8(4-6-12)7-10(15)11(17)16-9-1-2-9;/h8-10H,1-7,15H2,(H,16,17);1H/t10-;/m0./s1. The monoisotopic (exact) mass is 282 g/mol. The van der Waals surface area contributed by atoms with E-state index in [2.05, 4.69) is 5.32 Å². The third kappa shape index (κ3) is 4.69. The molecule has 6 heteroatoms. The van der Waals surface area contributed by atoms with Gasteiger partial charge >= 0.3 is 0 Å². The van der Waals surface area contributed by atoms with Crippen molar-refractivity contribution < 1.29 is 13.6 Å². The first kappa shape index (κ1) is 15.6. The molecule has 0 aromatic rings. The molecule has 106 valence electrons. The summed E-state index contributed by atoms with van der Waals surface area (Å²) in [6, 6.07) is -0.225. The lowest BCUT2D eigenvalue weighted by Crippen LogP contribution is -2.43. The van der Waals surface area contributed by atoms with Crippen LogP contribution in [0.1, 0.15) is 44.9 Å². The lowest BCUT2D eigenvalue weighted by Gasteiger charge is -2.29. The number of carbonyl (C=O) groups is 1. The van der Waals surface area contributed by atoms with Crippen molar-refractivity contribution in [1.29, 1.82) is 0 Å². The van der Waals surface area contributed by atoms with Crippen LogP contribution in [0.15, 0.2) is 0 Å². The van der Waals surface area contributed by atoms with E-state index in [1.807, 2.05) is 0 Å². The Morgan fingerprint density at radius 3 is 2.33 bits per heavy atom. The second-order valence-corrected chi connectivity index (χ2v) is 5.42. The molecule has 0 unspecified atom stereocenters. The summed E-state index contributed by atoms with van der Waals surface area (Å²) in [5, 5.41) is 2.85. The normalized spacial score (nSPS) is 25.1. The average Bonchev–Trinajstić information content (AvgIpc) is 3.05. The minimum atomic E-state index is -2.50. The first-order valence-corrected chi connectivity index (χ1v) is 6.40. The van der Waals surface area contributed by atoms with Gasteiger partial charge in [-0.3, -0.25) is 4.79 Å². The predicted molar refractivity (Wildman–Crippen MR) is 67.9 cm³/mol. The van der Waals surface area contributed by atoms with Gasteiger partial charge in [0.1, 0.15) is 0 Å². The SMILES string of the molecule is Cl.N[C@@H](CC1CCC(F)(F)CC1)C(=O)NC1CC1. The zero-order valence-corrected chi connectivity index (χ0v) is 11.1. The van der Waals surface area contributed by atoms with Crippen LogP contribution in [0.25, 0.3) is 0 Å². The van der Waals surface area contributed by atoms with Crippen molar-refractivity contribution in [1.82, 2.24) is 5.32 Å². The summed E-state index contributed by atoms with van der Waals surface area (Å²) < 4.78 is 25.9. The van der Waals surface area contributed by atoms with E-state index in [4.69, 9.17) is 5.73 Å². The number of halogens is 3. The number of hydrogen-bond donors (Lipinski definition) is 2. The maximum Gasteiger partial charge on any atom is 0.248 e. The van der Waals surface area contributed by atoms with Crippen LogP contribution in [-0.2, 0) is 4.79 Å². The van der Waals surface area contributed by atoms with Gasteiger partial charge in [-0.25, -0.2) is 8.78 Å². The Labute approximate surface area is 112 Å². The van der Waals surface area contributed by atoms with Gasteiger partial charge in [0.05, 0.1) is 6.04 Å². The van der Waals surface area contributed by atoms with Crippen molar-refractivity contribution in [2.24, 2.45) is 11.7 Å². The van der Waals surface area contributed by atoms with E-state index in [1.54, 1.807) is 0 Å². The molecule has 1 atom stereocenters. The van der Waals surface area contributed by atoms with E-state index in [-0.39, 0.29) is 37.1 Å². The number of carbonyl (C=O) groups excluding carboxylic acids is 1. The van der Waals surface area contributed by atoms with Crippen molar-refractivity contribution in [3.8, 4) is 0 Å². The average molecular weight is 283 g/mol. The fraction of sp³-hybridized carbons (Fsp3) is 0.917. The summed E-state index contributed by atoms with van der Waals surface area (Å²) >= 11 is 0. The van der Waals surface area contributed by atoms with Gasteiger partial charge in [0, 0.05) is 18.9 Å². The number of nitrogens with two attached hydrogens (primary N) is 1. The molecule has 3 N–H and O–H groups in total. The highest BCUT2D eigenvalue weighted by atomic mass is 35.5. The summed E-state index contributed by atoms with van der Waals surface area (Å²) in [5.41, 5.74) is 5.79. The molecule has 0 heterocycles. The maximum absolute atomic E-state index is 12.9. The summed E-state index contributed by atoms with van der Waals surface area (Å²) in [7, 11) is 0. The Balaban J connectivity index is 0.00000162. The lowest BCUT2D eigenvalue weighted by molar-refractivity contribution is -0.123. The minimum Gasteiger partial charge on any atom is -0.352 e. The molecule has 2 rings (SSSR count). The van der Waals surface area contributed by atoms with Gasteiger partial charge in [-0.1, -0.05) is 0 Å². The van der Waals surface area contributed by atoms with Crippen molar-refractivity contribution >= 4 is 18.3 Å². The van der Waals surface area contributed by atoms with Crippen LogP contribution in [-0.4, -0.2) is 23.9 Å². The molecule has 0 radical (unpaired) electrons. The van der Waals surface area contributed by atoms with Crippen molar-refractivity contribution in [3.63, 3.8) is 0 Å². The largest absolute Gasteiger partial charge is 0.352 e. The smallest absolute Gasteiger partial charge is 0.248 e. The van der Waals surface area contributed by atoms with E-state index in [1.165, 1.54) is 0 Å². The molecule has 0 spiro atoms. The lowest BCUT2D eigenvalue weighted by atomic mass is 9.83. The molecule has 2 fully saturated rings. The Hall–Kier alpha value is -0.420. The van der Waals surface area contributed by atoms with E-state index in [9.17, 15) is 13.6 Å². The fourth-order valence-electron chi connectivity index (χ4n) is 2.34.